The van der Waals surface area contributed by atoms with Crippen LogP contribution in [0.5, 0.6) is 0 Å². The zero-order chi connectivity index (χ0) is 31.0. The number of aromatic nitrogens is 1. The van der Waals surface area contributed by atoms with Crippen LogP contribution in [0.25, 0.3) is 22.3 Å². The third kappa shape index (κ3) is 9.87. The number of aliphatic carboxylic acids is 1. The van der Waals surface area contributed by atoms with Crippen LogP contribution in [0.15, 0.2) is 66.4 Å². The molecule has 0 spiro atoms. The Morgan fingerprint density at radius 2 is 1.60 bits per heavy atom. The summed E-state index contributed by atoms with van der Waals surface area (Å²) in [4.78, 5) is 36.2. The summed E-state index contributed by atoms with van der Waals surface area (Å²) in [6.45, 7) is 5.12. The van der Waals surface area contributed by atoms with Crippen LogP contribution in [-0.2, 0) is 16.0 Å². The second-order valence-corrected chi connectivity index (χ2v) is 10.6. The second kappa shape index (κ2) is 16.5. The first-order chi connectivity index (χ1) is 19.9. The number of carboxylic acids is 1. The van der Waals surface area contributed by atoms with E-state index in [-0.39, 0.29) is 72.9 Å². The van der Waals surface area contributed by atoms with Crippen molar-refractivity contribution < 1.29 is 63.7 Å². The summed E-state index contributed by atoms with van der Waals surface area (Å²) in [5, 5.41) is 34.4. The van der Waals surface area contributed by atoms with Gasteiger partial charge in [-0.05, 0) is 63.3 Å². The van der Waals surface area contributed by atoms with Gasteiger partial charge in [0, 0.05) is 47.0 Å². The van der Waals surface area contributed by atoms with Crippen molar-refractivity contribution in [3.05, 3.63) is 83.6 Å². The van der Waals surface area contributed by atoms with Crippen molar-refractivity contribution in [2.24, 2.45) is 5.73 Å². The molecule has 2 atom stereocenters. The van der Waals surface area contributed by atoms with E-state index in [1.54, 1.807) is 12.1 Å². The Morgan fingerprint density at radius 3 is 2.16 bits per heavy atom. The molecular formula is C32H37FN3NaO6. The van der Waals surface area contributed by atoms with Crippen molar-refractivity contribution in [3.8, 4) is 22.3 Å². The molecule has 9 nitrogen and oxygen atoms in total. The minimum absolute atomic E-state index is 0. The molecule has 0 aliphatic carbocycles. The number of hydrogen-bond acceptors (Lipinski definition) is 7. The van der Waals surface area contributed by atoms with Gasteiger partial charge in [0.25, 0.3) is 5.91 Å². The Balaban J connectivity index is 0.00000645. The van der Waals surface area contributed by atoms with Gasteiger partial charge in [-0.15, -0.1) is 0 Å². The number of carbonyl (C=O) groups is 3. The standard InChI is InChI=1S/C32H38FN3O6.Na/c1-19(2)36-27(14-13-25(38)16-26(39)17-28(40)41)29(22-9-11-23(33)12-10-22)30(21-7-5-4-6-8-21)31(36)32(42)35-18-24(34)15-20(3)37;/h4-12,15,19,25-26,38-39H,13-14,16-18,34H2,1-3H3,(H,35,42)(H,40,41);/q;+1/p-1/t25-,26-;/m1./s1. The summed E-state index contributed by atoms with van der Waals surface area (Å²) in [5.41, 5.74) is 9.81. The molecule has 2 aromatic carbocycles. The number of ketones is 1. The predicted octanol–water partition coefficient (Wildman–Crippen LogP) is -0.108. The second-order valence-electron chi connectivity index (χ2n) is 10.6. The summed E-state index contributed by atoms with van der Waals surface area (Å²) in [7, 11) is 0. The molecule has 0 fully saturated rings. The van der Waals surface area contributed by atoms with Gasteiger partial charge >= 0.3 is 29.6 Å². The summed E-state index contributed by atoms with van der Waals surface area (Å²) in [6, 6.07) is 14.9. The Bertz CT molecular complexity index is 1440. The van der Waals surface area contributed by atoms with Crippen LogP contribution >= 0.6 is 0 Å². The van der Waals surface area contributed by atoms with E-state index in [4.69, 9.17) is 5.73 Å². The number of aliphatic hydroxyl groups is 2. The van der Waals surface area contributed by atoms with Crippen molar-refractivity contribution in [2.75, 3.05) is 6.54 Å². The average Bonchev–Trinajstić information content (AvgIpc) is 3.26. The third-order valence-electron chi connectivity index (χ3n) is 6.74. The molecule has 0 saturated heterocycles. The van der Waals surface area contributed by atoms with Gasteiger partial charge in [-0.1, -0.05) is 42.5 Å². The molecular weight excluding hydrogens is 564 g/mol. The summed E-state index contributed by atoms with van der Waals surface area (Å²) in [5.74, 6) is -2.53. The molecule has 0 unspecified atom stereocenters. The van der Waals surface area contributed by atoms with Gasteiger partial charge in [-0.25, -0.2) is 4.39 Å². The van der Waals surface area contributed by atoms with E-state index in [1.807, 2.05) is 48.7 Å². The molecule has 3 rings (SSSR count). The predicted molar refractivity (Wildman–Crippen MR) is 156 cm³/mol. The number of allylic oxidation sites excluding steroid dienone is 1. The molecule has 1 amide bonds. The van der Waals surface area contributed by atoms with Gasteiger partial charge in [0.2, 0.25) is 0 Å². The Morgan fingerprint density at radius 1 is 1.00 bits per heavy atom. The number of hydrogen-bond donors (Lipinski definition) is 4. The number of nitrogens with zero attached hydrogens (tertiary/aromatic N) is 1. The van der Waals surface area contributed by atoms with Crippen LogP contribution < -0.4 is 45.7 Å². The molecule has 1 aromatic heterocycles. The smallest absolute Gasteiger partial charge is 0.550 e. The fourth-order valence-electron chi connectivity index (χ4n) is 5.08. The van der Waals surface area contributed by atoms with Crippen LogP contribution in [0, 0.1) is 5.82 Å². The number of nitrogens with one attached hydrogen (secondary N) is 1. The molecule has 0 aliphatic rings. The molecule has 3 aromatic rings. The minimum Gasteiger partial charge on any atom is -0.550 e. The molecule has 0 bridgehead atoms. The maximum atomic E-state index is 14.0. The van der Waals surface area contributed by atoms with E-state index in [0.29, 0.717) is 28.1 Å². The number of halogens is 1. The molecule has 0 aliphatic heterocycles. The average molecular weight is 602 g/mol. The van der Waals surface area contributed by atoms with E-state index in [9.17, 15) is 34.1 Å². The van der Waals surface area contributed by atoms with Crippen molar-refractivity contribution >= 4 is 17.7 Å². The number of carbonyl (C=O) groups excluding carboxylic acids is 3. The van der Waals surface area contributed by atoms with E-state index in [2.05, 4.69) is 5.32 Å². The number of nitrogens with two attached hydrogens (primary N) is 1. The maximum Gasteiger partial charge on any atom is 1.00 e. The number of rotatable bonds is 14. The SMILES string of the molecule is CC(=O)C=C(N)CNC(=O)c1c(-c2ccccc2)c(-c2ccc(F)cc2)c(CC[C@@H](O)C[C@@H](O)CC(=O)[O-])n1C(C)C.[Na+]. The van der Waals surface area contributed by atoms with Gasteiger partial charge in [0.15, 0.2) is 5.78 Å². The monoisotopic (exact) mass is 601 g/mol. The molecule has 43 heavy (non-hydrogen) atoms. The molecule has 5 N–H and O–H groups in total. The summed E-state index contributed by atoms with van der Waals surface area (Å²) < 4.78 is 15.9. The zero-order valence-corrected chi connectivity index (χ0v) is 27.0. The number of benzene rings is 2. The van der Waals surface area contributed by atoms with Gasteiger partial charge in [0.1, 0.15) is 11.5 Å². The fraction of sp³-hybridized carbons (Fsp3) is 0.344. The quantitative estimate of drug-likeness (QED) is 0.148. The van der Waals surface area contributed by atoms with Crippen LogP contribution in [-0.4, -0.2) is 51.2 Å². The maximum absolute atomic E-state index is 14.0. The van der Waals surface area contributed by atoms with Gasteiger partial charge in [-0.3, -0.25) is 9.59 Å². The molecule has 0 saturated carbocycles. The van der Waals surface area contributed by atoms with E-state index in [0.717, 1.165) is 5.56 Å². The first-order valence-electron chi connectivity index (χ1n) is 13.8. The van der Waals surface area contributed by atoms with Crippen LogP contribution in [0.4, 0.5) is 4.39 Å². The topological polar surface area (TPSA) is 158 Å². The van der Waals surface area contributed by atoms with Crippen molar-refractivity contribution in [1.29, 1.82) is 0 Å². The van der Waals surface area contributed by atoms with Crippen LogP contribution in [0.1, 0.15) is 62.3 Å². The van der Waals surface area contributed by atoms with Crippen molar-refractivity contribution in [3.63, 3.8) is 0 Å². The Labute approximate surface area is 272 Å². The van der Waals surface area contributed by atoms with Gasteiger partial charge in [-0.2, -0.15) is 0 Å². The number of amides is 1. The molecule has 224 valence electrons. The first kappa shape index (κ1) is 35.9. The minimum atomic E-state index is -1.41. The van der Waals surface area contributed by atoms with Gasteiger partial charge < -0.3 is 35.7 Å². The summed E-state index contributed by atoms with van der Waals surface area (Å²) in [6.07, 6.45) is -1.42. The molecule has 1 heterocycles. The van der Waals surface area contributed by atoms with E-state index < -0.39 is 36.3 Å². The van der Waals surface area contributed by atoms with Crippen LogP contribution in [0.3, 0.4) is 0 Å². The van der Waals surface area contributed by atoms with Crippen molar-refractivity contribution in [2.45, 2.75) is 64.7 Å². The first-order valence-corrected chi connectivity index (χ1v) is 13.8. The molecule has 11 heteroatoms. The number of aliphatic hydroxyl groups excluding tert-OH is 2. The normalized spacial score (nSPS) is 12.9. The third-order valence-corrected chi connectivity index (χ3v) is 6.74. The Kier molecular flexibility index (Phi) is 13.8. The van der Waals surface area contributed by atoms with E-state index in [1.165, 1.54) is 25.1 Å². The van der Waals surface area contributed by atoms with Crippen molar-refractivity contribution in [1.82, 2.24) is 9.88 Å². The van der Waals surface area contributed by atoms with E-state index >= 15 is 0 Å². The Hall–Kier alpha value is -3.28. The molecule has 0 radical (unpaired) electrons. The largest absolute Gasteiger partial charge is 1.00 e. The fourth-order valence-corrected chi connectivity index (χ4v) is 5.08. The number of carboxylic acid groups (broad SMARTS) is 1. The summed E-state index contributed by atoms with van der Waals surface area (Å²) >= 11 is 0. The zero-order valence-electron chi connectivity index (χ0n) is 25.0. The van der Waals surface area contributed by atoms with Gasteiger partial charge in [0.05, 0.1) is 18.8 Å². The van der Waals surface area contributed by atoms with Crippen LogP contribution in [0.2, 0.25) is 0 Å².